The molecule has 3 nitrogen and oxygen atoms in total. The molecule has 0 aromatic heterocycles. The molecule has 3 aliphatic rings. The van der Waals surface area contributed by atoms with E-state index in [1.54, 1.807) is 0 Å². The molecule has 0 atom stereocenters. The van der Waals surface area contributed by atoms with Gasteiger partial charge in [-0.25, -0.2) is 0 Å². The first-order valence-electron chi connectivity index (χ1n) is 8.19. The summed E-state index contributed by atoms with van der Waals surface area (Å²) in [7, 11) is 0. The van der Waals surface area contributed by atoms with Gasteiger partial charge < -0.3 is 9.47 Å². The highest BCUT2D eigenvalue weighted by Crippen LogP contribution is 2.30. The van der Waals surface area contributed by atoms with Gasteiger partial charge in [0.25, 0.3) is 0 Å². The second kappa shape index (κ2) is 7.08. The highest BCUT2D eigenvalue weighted by atomic mass is 16.5. The fourth-order valence-corrected chi connectivity index (χ4v) is 3.23. The van der Waals surface area contributed by atoms with Crippen molar-refractivity contribution >= 4 is 5.71 Å². The minimum atomic E-state index is 0.307. The number of fused-ring (bicyclic) bond motifs is 1. The van der Waals surface area contributed by atoms with Crippen LogP contribution >= 0.6 is 0 Å². The van der Waals surface area contributed by atoms with Crippen LogP contribution in [-0.4, -0.2) is 31.6 Å². The molecule has 1 fully saturated rings. The molecule has 0 radical (unpaired) electrons. The van der Waals surface area contributed by atoms with E-state index in [1.165, 1.54) is 11.1 Å². The normalized spacial score (nSPS) is 24.4. The molecule has 2 heterocycles. The third-order valence-electron chi connectivity index (χ3n) is 4.36. The lowest BCUT2D eigenvalue weighted by molar-refractivity contribution is -0.00640. The van der Waals surface area contributed by atoms with Crippen LogP contribution in [0.3, 0.4) is 0 Å². The van der Waals surface area contributed by atoms with Gasteiger partial charge in [-0.15, -0.1) is 0 Å². The maximum absolute atomic E-state index is 6.41. The Kier molecular flexibility index (Phi) is 4.91. The van der Waals surface area contributed by atoms with Gasteiger partial charge in [0.05, 0.1) is 13.2 Å². The topological polar surface area (TPSA) is 30.8 Å². The third-order valence-corrected chi connectivity index (χ3v) is 4.36. The zero-order chi connectivity index (χ0) is 14.5. The van der Waals surface area contributed by atoms with Crippen LogP contribution in [0.15, 0.2) is 40.1 Å². The molecule has 0 spiro atoms. The van der Waals surface area contributed by atoms with Crippen molar-refractivity contribution in [2.45, 2.75) is 51.6 Å². The highest BCUT2D eigenvalue weighted by Gasteiger charge is 2.22. The Hall–Kier alpha value is -1.35. The van der Waals surface area contributed by atoms with Gasteiger partial charge in [0, 0.05) is 37.1 Å². The number of rotatable bonds is 2. The van der Waals surface area contributed by atoms with Crippen molar-refractivity contribution in [1.29, 1.82) is 0 Å². The predicted molar refractivity (Wildman–Crippen MR) is 85.6 cm³/mol. The first-order valence-corrected chi connectivity index (χ1v) is 8.19. The van der Waals surface area contributed by atoms with Crippen molar-refractivity contribution in [3.8, 4) is 0 Å². The zero-order valence-corrected chi connectivity index (χ0v) is 12.9. The monoisotopic (exact) mass is 287 g/mol. The van der Waals surface area contributed by atoms with E-state index in [4.69, 9.17) is 14.5 Å². The molecule has 1 aliphatic carbocycles. The number of aliphatic imine (C=N–C) groups is 1. The van der Waals surface area contributed by atoms with Gasteiger partial charge in [-0.1, -0.05) is 18.2 Å². The quantitative estimate of drug-likeness (QED) is 0.769. The van der Waals surface area contributed by atoms with Gasteiger partial charge in [0.2, 0.25) is 0 Å². The Morgan fingerprint density at radius 1 is 1.24 bits per heavy atom. The standard InChI is InChI=1S/C18H25NO2/c1-14-18-15(7-5-11-19-14)6-3-2-4-8-17(18)21-16-9-12-20-13-10-16/h2-3,6,16H,4-5,7-13H2,1H3. The van der Waals surface area contributed by atoms with Crippen molar-refractivity contribution in [3.05, 3.63) is 35.1 Å². The first-order chi connectivity index (χ1) is 10.3. The van der Waals surface area contributed by atoms with Crippen LogP contribution in [0.5, 0.6) is 0 Å². The molecule has 0 aromatic rings. The largest absolute Gasteiger partial charge is 0.494 e. The fourth-order valence-electron chi connectivity index (χ4n) is 3.23. The average molecular weight is 287 g/mol. The lowest BCUT2D eigenvalue weighted by atomic mass is 9.94. The minimum Gasteiger partial charge on any atom is -0.494 e. The van der Waals surface area contributed by atoms with Crippen LogP contribution in [0.2, 0.25) is 0 Å². The molecule has 0 unspecified atom stereocenters. The van der Waals surface area contributed by atoms with Crippen LogP contribution in [-0.2, 0) is 9.47 Å². The molecule has 2 aliphatic heterocycles. The molecule has 0 bridgehead atoms. The van der Waals surface area contributed by atoms with Crippen molar-refractivity contribution in [2.75, 3.05) is 19.8 Å². The van der Waals surface area contributed by atoms with Gasteiger partial charge >= 0.3 is 0 Å². The summed E-state index contributed by atoms with van der Waals surface area (Å²) < 4.78 is 11.8. The Morgan fingerprint density at radius 3 is 2.95 bits per heavy atom. The van der Waals surface area contributed by atoms with E-state index < -0.39 is 0 Å². The van der Waals surface area contributed by atoms with Crippen LogP contribution < -0.4 is 0 Å². The summed E-state index contributed by atoms with van der Waals surface area (Å²) in [4.78, 5) is 4.71. The van der Waals surface area contributed by atoms with E-state index in [9.17, 15) is 0 Å². The minimum absolute atomic E-state index is 0.307. The second-order valence-corrected chi connectivity index (χ2v) is 5.96. The molecule has 0 aromatic carbocycles. The molecule has 0 amide bonds. The van der Waals surface area contributed by atoms with Crippen molar-refractivity contribution in [1.82, 2.24) is 0 Å². The first kappa shape index (κ1) is 14.6. The second-order valence-electron chi connectivity index (χ2n) is 5.96. The average Bonchev–Trinajstić information content (AvgIpc) is 2.65. The molecule has 0 N–H and O–H groups in total. The molecular formula is C18H25NO2. The Labute approximate surface area is 127 Å². The SMILES string of the molecule is CC1=NCCCC2=CC=CCCC(OC3CCOCC3)=C21. The van der Waals surface area contributed by atoms with Crippen LogP contribution in [0.25, 0.3) is 0 Å². The fraction of sp³-hybridized carbons (Fsp3) is 0.611. The van der Waals surface area contributed by atoms with E-state index in [1.807, 2.05) is 0 Å². The number of nitrogens with zero attached hydrogens (tertiary/aromatic N) is 1. The van der Waals surface area contributed by atoms with Crippen molar-refractivity contribution < 1.29 is 9.47 Å². The maximum atomic E-state index is 6.41. The van der Waals surface area contributed by atoms with E-state index >= 15 is 0 Å². The van der Waals surface area contributed by atoms with Gasteiger partial charge in [0.15, 0.2) is 0 Å². The molecule has 114 valence electrons. The Morgan fingerprint density at radius 2 is 2.10 bits per heavy atom. The van der Waals surface area contributed by atoms with E-state index in [0.29, 0.717) is 6.10 Å². The Balaban J connectivity index is 1.91. The van der Waals surface area contributed by atoms with Crippen molar-refractivity contribution in [2.24, 2.45) is 4.99 Å². The predicted octanol–water partition coefficient (Wildman–Crippen LogP) is 3.97. The summed E-state index contributed by atoms with van der Waals surface area (Å²) in [6.45, 7) is 4.71. The smallest absolute Gasteiger partial charge is 0.106 e. The lowest BCUT2D eigenvalue weighted by Crippen LogP contribution is -2.24. The zero-order valence-electron chi connectivity index (χ0n) is 12.9. The number of ether oxygens (including phenoxy) is 2. The van der Waals surface area contributed by atoms with Gasteiger partial charge in [0.1, 0.15) is 11.9 Å². The van der Waals surface area contributed by atoms with Gasteiger partial charge in [-0.3, -0.25) is 4.99 Å². The Bertz CT molecular complexity index is 493. The molecule has 3 heteroatoms. The summed E-state index contributed by atoms with van der Waals surface area (Å²) in [6.07, 6.45) is 13.3. The molecule has 3 rings (SSSR count). The molecule has 1 saturated heterocycles. The van der Waals surface area contributed by atoms with Gasteiger partial charge in [-0.05, 0) is 31.8 Å². The van der Waals surface area contributed by atoms with E-state index in [2.05, 4.69) is 25.2 Å². The molecular weight excluding hydrogens is 262 g/mol. The maximum Gasteiger partial charge on any atom is 0.106 e. The van der Waals surface area contributed by atoms with E-state index in [-0.39, 0.29) is 0 Å². The summed E-state index contributed by atoms with van der Waals surface area (Å²) in [5.74, 6) is 1.15. The summed E-state index contributed by atoms with van der Waals surface area (Å²) in [5.41, 5.74) is 3.83. The highest BCUT2D eigenvalue weighted by molar-refractivity contribution is 6.03. The van der Waals surface area contributed by atoms with Gasteiger partial charge in [-0.2, -0.15) is 0 Å². The molecule has 0 saturated carbocycles. The number of hydrogen-bond acceptors (Lipinski definition) is 3. The summed E-state index contributed by atoms with van der Waals surface area (Å²) in [6, 6.07) is 0. The van der Waals surface area contributed by atoms with Crippen LogP contribution in [0.1, 0.15) is 45.4 Å². The summed E-state index contributed by atoms with van der Waals surface area (Å²) >= 11 is 0. The lowest BCUT2D eigenvalue weighted by Gasteiger charge is -2.27. The van der Waals surface area contributed by atoms with Crippen LogP contribution in [0.4, 0.5) is 0 Å². The van der Waals surface area contributed by atoms with Crippen LogP contribution in [0, 0.1) is 0 Å². The third kappa shape index (κ3) is 3.65. The van der Waals surface area contributed by atoms with E-state index in [0.717, 1.165) is 69.8 Å². The number of allylic oxidation sites excluding steroid dienone is 6. The molecule has 21 heavy (non-hydrogen) atoms. The van der Waals surface area contributed by atoms with Crippen molar-refractivity contribution in [3.63, 3.8) is 0 Å². The number of hydrogen-bond donors (Lipinski definition) is 0. The summed E-state index contributed by atoms with van der Waals surface area (Å²) in [5, 5.41) is 0.